The Kier molecular flexibility index (Phi) is 6.39. The van der Waals surface area contributed by atoms with Crippen LogP contribution in [0.3, 0.4) is 0 Å². The number of aliphatic hydroxyl groups is 1. The predicted molar refractivity (Wildman–Crippen MR) is 112 cm³/mol. The molecular weight excluding hydrogens is 392 g/mol. The molecule has 7 nitrogen and oxygen atoms in total. The van der Waals surface area contributed by atoms with Crippen LogP contribution >= 0.6 is 11.6 Å². The largest absolute Gasteiger partial charge is 0.389 e. The zero-order chi connectivity index (χ0) is 21.0. The van der Waals surface area contributed by atoms with Crippen molar-refractivity contribution < 1.29 is 14.7 Å². The molecule has 0 aliphatic carbocycles. The number of hydrogen-bond acceptors (Lipinski definition) is 5. The van der Waals surface area contributed by atoms with Crippen LogP contribution in [0.2, 0.25) is 5.02 Å². The number of nitrogens with one attached hydrogen (secondary N) is 2. The lowest BCUT2D eigenvalue weighted by molar-refractivity contribution is 0.0694. The van der Waals surface area contributed by atoms with Crippen LogP contribution in [-0.2, 0) is 0 Å². The maximum atomic E-state index is 12.5. The molecule has 8 heteroatoms. The molecular formula is C21H25ClN4O3. The van der Waals surface area contributed by atoms with Crippen molar-refractivity contribution in [1.29, 1.82) is 0 Å². The highest BCUT2D eigenvalue weighted by Gasteiger charge is 2.25. The van der Waals surface area contributed by atoms with Crippen LogP contribution in [-0.4, -0.2) is 53.2 Å². The second kappa shape index (κ2) is 8.80. The van der Waals surface area contributed by atoms with E-state index in [0.29, 0.717) is 17.1 Å². The number of carbonyl (C=O) groups excluding carboxylic acids is 2. The molecule has 0 unspecified atom stereocenters. The summed E-state index contributed by atoms with van der Waals surface area (Å²) in [6, 6.07) is 10.7. The number of halogens is 1. The van der Waals surface area contributed by atoms with Crippen LogP contribution in [0.5, 0.6) is 0 Å². The predicted octanol–water partition coefficient (Wildman–Crippen LogP) is 2.24. The zero-order valence-corrected chi connectivity index (χ0v) is 17.2. The van der Waals surface area contributed by atoms with E-state index in [4.69, 9.17) is 11.6 Å². The van der Waals surface area contributed by atoms with Gasteiger partial charge in [0, 0.05) is 42.6 Å². The van der Waals surface area contributed by atoms with Crippen molar-refractivity contribution in [1.82, 2.24) is 15.6 Å². The van der Waals surface area contributed by atoms with Gasteiger partial charge in [-0.1, -0.05) is 17.7 Å². The van der Waals surface area contributed by atoms with Crippen LogP contribution in [0.4, 0.5) is 5.69 Å². The Morgan fingerprint density at radius 3 is 2.72 bits per heavy atom. The van der Waals surface area contributed by atoms with Gasteiger partial charge < -0.3 is 20.6 Å². The fourth-order valence-electron chi connectivity index (χ4n) is 3.11. The minimum absolute atomic E-state index is 0.0121. The number of rotatable bonds is 6. The Morgan fingerprint density at radius 2 is 2.07 bits per heavy atom. The van der Waals surface area contributed by atoms with E-state index in [1.165, 1.54) is 12.3 Å². The highest BCUT2D eigenvalue weighted by atomic mass is 35.5. The number of amides is 2. The number of nitrogens with zero attached hydrogens (tertiary/aromatic N) is 2. The molecule has 0 radical (unpaired) electrons. The fourth-order valence-corrected chi connectivity index (χ4v) is 3.29. The third-order valence-electron chi connectivity index (χ3n) is 4.64. The van der Waals surface area contributed by atoms with Gasteiger partial charge in [-0.2, -0.15) is 0 Å². The Morgan fingerprint density at radius 1 is 1.28 bits per heavy atom. The Labute approximate surface area is 175 Å². The molecule has 1 aromatic heterocycles. The first-order chi connectivity index (χ1) is 13.7. The van der Waals surface area contributed by atoms with Crippen molar-refractivity contribution in [2.75, 3.05) is 24.5 Å². The van der Waals surface area contributed by atoms with Crippen LogP contribution in [0.15, 0.2) is 42.6 Å². The third-order valence-corrected chi connectivity index (χ3v) is 4.87. The van der Waals surface area contributed by atoms with Crippen molar-refractivity contribution in [3.8, 4) is 0 Å². The van der Waals surface area contributed by atoms with E-state index in [0.717, 1.165) is 18.7 Å². The fraction of sp³-hybridized carbons (Fsp3) is 0.381. The maximum Gasteiger partial charge on any atom is 0.270 e. The van der Waals surface area contributed by atoms with Crippen LogP contribution < -0.4 is 15.5 Å². The molecule has 154 valence electrons. The molecule has 0 saturated carbocycles. The van der Waals surface area contributed by atoms with E-state index in [1.54, 1.807) is 19.9 Å². The summed E-state index contributed by atoms with van der Waals surface area (Å²) in [5.41, 5.74) is 0.626. The summed E-state index contributed by atoms with van der Waals surface area (Å²) in [6.45, 7) is 4.87. The summed E-state index contributed by atoms with van der Waals surface area (Å²) < 4.78 is 0. The molecule has 0 spiro atoms. The first kappa shape index (κ1) is 21.1. The standard InChI is InChI=1S/C21H25ClN4O3/c1-21(2,29)13-24-19(27)14-6-7-18(23-11-14)20(28)25-16-8-9-26(12-16)17-5-3-4-15(22)10-17/h3-7,10-11,16,29H,8-9,12-13H2,1-2H3,(H,24,27)(H,25,28)/t16-/m0/s1. The molecule has 1 aliphatic rings. The topological polar surface area (TPSA) is 94.6 Å². The molecule has 1 aliphatic heterocycles. The van der Waals surface area contributed by atoms with Crippen molar-refractivity contribution >= 4 is 29.1 Å². The van der Waals surface area contributed by atoms with Crippen LogP contribution in [0.1, 0.15) is 41.1 Å². The summed E-state index contributed by atoms with van der Waals surface area (Å²) in [7, 11) is 0. The smallest absolute Gasteiger partial charge is 0.270 e. The molecule has 2 amide bonds. The van der Waals surface area contributed by atoms with Crippen molar-refractivity contribution in [2.45, 2.75) is 31.9 Å². The highest BCUT2D eigenvalue weighted by molar-refractivity contribution is 6.30. The lowest BCUT2D eigenvalue weighted by atomic mass is 10.1. The number of anilines is 1. The van der Waals surface area contributed by atoms with E-state index in [9.17, 15) is 14.7 Å². The number of aromatic nitrogens is 1. The average molecular weight is 417 g/mol. The molecule has 0 bridgehead atoms. The summed E-state index contributed by atoms with van der Waals surface area (Å²) in [5.74, 6) is -0.620. The normalized spacial score (nSPS) is 16.6. The molecule has 1 saturated heterocycles. The minimum atomic E-state index is -0.997. The second-order valence-electron chi connectivity index (χ2n) is 7.81. The van der Waals surface area contributed by atoms with Crippen molar-refractivity contribution in [3.63, 3.8) is 0 Å². The van der Waals surface area contributed by atoms with Gasteiger partial charge in [-0.05, 0) is 50.6 Å². The first-order valence-corrected chi connectivity index (χ1v) is 9.87. The number of pyridine rings is 1. The van der Waals surface area contributed by atoms with Gasteiger partial charge in [0.1, 0.15) is 5.69 Å². The molecule has 1 fully saturated rings. The zero-order valence-electron chi connectivity index (χ0n) is 16.5. The van der Waals surface area contributed by atoms with Gasteiger partial charge in [0.15, 0.2) is 0 Å². The minimum Gasteiger partial charge on any atom is -0.389 e. The quantitative estimate of drug-likeness (QED) is 0.671. The number of hydrogen-bond donors (Lipinski definition) is 3. The Balaban J connectivity index is 1.54. The Hall–Kier alpha value is -2.64. The van der Waals surface area contributed by atoms with Gasteiger partial charge in [0.2, 0.25) is 0 Å². The molecule has 2 aromatic rings. The van der Waals surface area contributed by atoms with Crippen molar-refractivity contribution in [3.05, 3.63) is 58.9 Å². The maximum absolute atomic E-state index is 12.5. The van der Waals surface area contributed by atoms with Gasteiger partial charge in [-0.25, -0.2) is 0 Å². The van der Waals surface area contributed by atoms with Crippen LogP contribution in [0, 0.1) is 0 Å². The van der Waals surface area contributed by atoms with Gasteiger partial charge in [0.05, 0.1) is 11.2 Å². The average Bonchev–Trinajstić information content (AvgIpc) is 3.14. The molecule has 3 rings (SSSR count). The lowest BCUT2D eigenvalue weighted by Gasteiger charge is -2.19. The number of carbonyl (C=O) groups is 2. The highest BCUT2D eigenvalue weighted by Crippen LogP contribution is 2.23. The van der Waals surface area contributed by atoms with Gasteiger partial charge in [-0.3, -0.25) is 14.6 Å². The summed E-state index contributed by atoms with van der Waals surface area (Å²) in [6.07, 6.45) is 2.19. The Bertz CT molecular complexity index is 880. The third kappa shape index (κ3) is 5.92. The molecule has 2 heterocycles. The van der Waals surface area contributed by atoms with Gasteiger partial charge in [-0.15, -0.1) is 0 Å². The van der Waals surface area contributed by atoms with Crippen LogP contribution in [0.25, 0.3) is 0 Å². The molecule has 3 N–H and O–H groups in total. The summed E-state index contributed by atoms with van der Waals surface area (Å²) >= 11 is 6.06. The van der Waals surface area contributed by atoms with E-state index in [-0.39, 0.29) is 30.1 Å². The van der Waals surface area contributed by atoms with E-state index in [1.807, 2.05) is 24.3 Å². The molecule has 1 atom stereocenters. The van der Waals surface area contributed by atoms with Gasteiger partial charge >= 0.3 is 0 Å². The number of benzene rings is 1. The molecule has 29 heavy (non-hydrogen) atoms. The molecule has 1 aromatic carbocycles. The first-order valence-electron chi connectivity index (χ1n) is 9.49. The monoisotopic (exact) mass is 416 g/mol. The summed E-state index contributed by atoms with van der Waals surface area (Å²) in [4.78, 5) is 30.8. The van der Waals surface area contributed by atoms with E-state index >= 15 is 0 Å². The SMILES string of the molecule is CC(C)(O)CNC(=O)c1ccc(C(=O)N[C@H]2CCN(c3cccc(Cl)c3)C2)nc1. The lowest BCUT2D eigenvalue weighted by Crippen LogP contribution is -2.38. The van der Waals surface area contributed by atoms with E-state index in [2.05, 4.69) is 20.5 Å². The summed E-state index contributed by atoms with van der Waals surface area (Å²) in [5, 5.41) is 16.0. The second-order valence-corrected chi connectivity index (χ2v) is 8.25. The van der Waals surface area contributed by atoms with E-state index < -0.39 is 5.60 Å². The van der Waals surface area contributed by atoms with Crippen molar-refractivity contribution in [2.24, 2.45) is 0 Å². The van der Waals surface area contributed by atoms with Gasteiger partial charge in [0.25, 0.3) is 11.8 Å².